The van der Waals surface area contributed by atoms with Gasteiger partial charge in [0, 0.05) is 31.6 Å². The second-order valence-corrected chi connectivity index (χ2v) is 8.51. The number of benzene rings is 2. The van der Waals surface area contributed by atoms with Gasteiger partial charge in [-0.25, -0.2) is 0 Å². The summed E-state index contributed by atoms with van der Waals surface area (Å²) in [5, 5.41) is 0. The molecule has 1 fully saturated rings. The molecule has 0 amide bonds. The maximum atomic E-state index is 12.1. The van der Waals surface area contributed by atoms with Crippen LogP contribution in [0.5, 0.6) is 5.75 Å². The van der Waals surface area contributed by atoms with Gasteiger partial charge in [0.05, 0.1) is 25.8 Å². The van der Waals surface area contributed by atoms with Gasteiger partial charge >= 0.3 is 5.97 Å². The van der Waals surface area contributed by atoms with Crippen molar-refractivity contribution in [3.05, 3.63) is 60.2 Å². The summed E-state index contributed by atoms with van der Waals surface area (Å²) in [5.41, 5.74) is 2.20. The molecule has 2 aromatic carbocycles. The molecule has 168 valence electrons. The Hall–Kier alpha value is -2.53. The highest BCUT2D eigenvalue weighted by Crippen LogP contribution is 2.33. The SMILES string of the molecule is CCOc1ccccc1N1CCN(CCCC(C)(CC(=O)OC)c2ccccc2)CC1. The molecule has 5 heteroatoms. The van der Waals surface area contributed by atoms with Gasteiger partial charge in [0.1, 0.15) is 5.75 Å². The number of anilines is 1. The summed E-state index contributed by atoms with van der Waals surface area (Å²) in [5.74, 6) is 0.827. The molecule has 0 aliphatic carbocycles. The van der Waals surface area contributed by atoms with Crippen molar-refractivity contribution in [2.45, 2.75) is 38.5 Å². The van der Waals surface area contributed by atoms with Crippen LogP contribution in [0.1, 0.15) is 38.7 Å². The Morgan fingerprint density at radius 1 is 1.00 bits per heavy atom. The van der Waals surface area contributed by atoms with Crippen LogP contribution in [-0.2, 0) is 14.9 Å². The fourth-order valence-electron chi connectivity index (χ4n) is 4.47. The Morgan fingerprint density at radius 3 is 2.35 bits per heavy atom. The standard InChI is InChI=1S/C26H36N2O3/c1-4-31-24-14-9-8-13-23(24)28-19-17-27(18-20-28)16-10-15-26(2,21-25(29)30-3)22-11-6-5-7-12-22/h5-9,11-14H,4,10,15-21H2,1-3H3. The number of hydrogen-bond donors (Lipinski definition) is 0. The van der Waals surface area contributed by atoms with Gasteiger partial charge < -0.3 is 14.4 Å². The van der Waals surface area contributed by atoms with Crippen LogP contribution in [0.2, 0.25) is 0 Å². The third kappa shape index (κ3) is 6.23. The van der Waals surface area contributed by atoms with Crippen LogP contribution >= 0.6 is 0 Å². The van der Waals surface area contributed by atoms with E-state index in [2.05, 4.69) is 47.1 Å². The second kappa shape index (κ2) is 11.2. The average molecular weight is 425 g/mol. The van der Waals surface area contributed by atoms with Crippen LogP contribution in [0.25, 0.3) is 0 Å². The minimum atomic E-state index is -0.202. The highest BCUT2D eigenvalue weighted by Gasteiger charge is 2.30. The quantitative estimate of drug-likeness (QED) is 0.525. The fraction of sp³-hybridized carbons (Fsp3) is 0.500. The highest BCUT2D eigenvalue weighted by molar-refractivity contribution is 5.71. The molecule has 0 radical (unpaired) electrons. The molecule has 1 saturated heterocycles. The maximum Gasteiger partial charge on any atom is 0.306 e. The number of rotatable bonds is 10. The molecule has 1 aliphatic rings. The van der Waals surface area contributed by atoms with E-state index in [0.717, 1.165) is 51.3 Å². The van der Waals surface area contributed by atoms with Crippen LogP contribution in [0.4, 0.5) is 5.69 Å². The van der Waals surface area contributed by atoms with Gasteiger partial charge in [0.15, 0.2) is 0 Å². The predicted molar refractivity (Wildman–Crippen MR) is 126 cm³/mol. The second-order valence-electron chi connectivity index (χ2n) is 8.51. The fourth-order valence-corrected chi connectivity index (χ4v) is 4.47. The summed E-state index contributed by atoms with van der Waals surface area (Å²) in [6, 6.07) is 18.7. The van der Waals surface area contributed by atoms with E-state index in [-0.39, 0.29) is 11.4 Å². The van der Waals surface area contributed by atoms with Gasteiger partial charge in [-0.05, 0) is 44.0 Å². The molecule has 31 heavy (non-hydrogen) atoms. The van der Waals surface area contributed by atoms with E-state index in [1.807, 2.05) is 31.2 Å². The monoisotopic (exact) mass is 424 g/mol. The van der Waals surface area contributed by atoms with Crippen LogP contribution in [0.15, 0.2) is 54.6 Å². The van der Waals surface area contributed by atoms with Gasteiger partial charge in [0.25, 0.3) is 0 Å². The van der Waals surface area contributed by atoms with E-state index in [0.29, 0.717) is 13.0 Å². The van der Waals surface area contributed by atoms with E-state index >= 15 is 0 Å². The number of esters is 1. The largest absolute Gasteiger partial charge is 0.492 e. The number of carbonyl (C=O) groups is 1. The molecule has 1 unspecified atom stereocenters. The number of piperazine rings is 1. The van der Waals surface area contributed by atoms with E-state index in [9.17, 15) is 4.79 Å². The van der Waals surface area contributed by atoms with Crippen molar-refractivity contribution < 1.29 is 14.3 Å². The Kier molecular flexibility index (Phi) is 8.35. The molecule has 5 nitrogen and oxygen atoms in total. The molecule has 0 bridgehead atoms. The summed E-state index contributed by atoms with van der Waals surface area (Å²) < 4.78 is 10.8. The van der Waals surface area contributed by atoms with Crippen molar-refractivity contribution in [3.63, 3.8) is 0 Å². The molecule has 1 aliphatic heterocycles. The highest BCUT2D eigenvalue weighted by atomic mass is 16.5. The zero-order valence-electron chi connectivity index (χ0n) is 19.2. The molecule has 0 spiro atoms. The number of ether oxygens (including phenoxy) is 2. The van der Waals surface area contributed by atoms with Crippen LogP contribution in [0, 0.1) is 0 Å². The number of nitrogens with zero attached hydrogens (tertiary/aromatic N) is 2. The number of methoxy groups -OCH3 is 1. The molecular weight excluding hydrogens is 388 g/mol. The summed E-state index contributed by atoms with van der Waals surface area (Å²) in [4.78, 5) is 17.0. The molecule has 1 atom stereocenters. The third-order valence-corrected chi connectivity index (χ3v) is 6.31. The number of hydrogen-bond acceptors (Lipinski definition) is 5. The van der Waals surface area contributed by atoms with Crippen molar-refractivity contribution >= 4 is 11.7 Å². The van der Waals surface area contributed by atoms with Crippen molar-refractivity contribution in [2.24, 2.45) is 0 Å². The van der Waals surface area contributed by atoms with Gasteiger partial charge in [0.2, 0.25) is 0 Å². The molecule has 1 heterocycles. The number of carbonyl (C=O) groups excluding carboxylic acids is 1. The smallest absolute Gasteiger partial charge is 0.306 e. The first-order chi connectivity index (χ1) is 15.1. The van der Waals surface area contributed by atoms with Gasteiger partial charge in [-0.3, -0.25) is 9.69 Å². The average Bonchev–Trinajstić information content (AvgIpc) is 2.81. The third-order valence-electron chi connectivity index (χ3n) is 6.31. The molecule has 0 saturated carbocycles. The first kappa shape index (κ1) is 23.1. The van der Waals surface area contributed by atoms with E-state index in [4.69, 9.17) is 9.47 Å². The summed E-state index contributed by atoms with van der Waals surface area (Å²) in [7, 11) is 1.47. The Balaban J connectivity index is 1.53. The lowest BCUT2D eigenvalue weighted by Crippen LogP contribution is -2.47. The van der Waals surface area contributed by atoms with Crippen molar-refractivity contribution in [1.29, 1.82) is 0 Å². The Morgan fingerprint density at radius 2 is 1.68 bits per heavy atom. The van der Waals surface area contributed by atoms with Crippen molar-refractivity contribution in [1.82, 2.24) is 4.90 Å². The Labute approximate surface area is 187 Å². The minimum Gasteiger partial charge on any atom is -0.492 e. The van der Waals surface area contributed by atoms with Gasteiger partial charge in [-0.15, -0.1) is 0 Å². The first-order valence-electron chi connectivity index (χ1n) is 11.4. The van der Waals surface area contributed by atoms with E-state index in [1.165, 1.54) is 18.4 Å². The lowest BCUT2D eigenvalue weighted by atomic mass is 9.76. The molecule has 3 rings (SSSR count). The minimum absolute atomic E-state index is 0.145. The molecule has 0 aromatic heterocycles. The van der Waals surface area contributed by atoms with E-state index in [1.54, 1.807) is 0 Å². The summed E-state index contributed by atoms with van der Waals surface area (Å²) in [6.07, 6.45) is 2.42. The zero-order valence-corrected chi connectivity index (χ0v) is 19.2. The summed E-state index contributed by atoms with van der Waals surface area (Å²) >= 11 is 0. The Bertz CT molecular complexity index is 818. The van der Waals surface area contributed by atoms with E-state index < -0.39 is 0 Å². The van der Waals surface area contributed by atoms with Crippen LogP contribution in [-0.4, -0.2) is 57.3 Å². The maximum absolute atomic E-state index is 12.1. The lowest BCUT2D eigenvalue weighted by Gasteiger charge is -2.37. The topological polar surface area (TPSA) is 42.0 Å². The first-order valence-corrected chi connectivity index (χ1v) is 11.4. The van der Waals surface area contributed by atoms with Crippen LogP contribution in [0.3, 0.4) is 0 Å². The molecule has 0 N–H and O–H groups in total. The predicted octanol–water partition coefficient (Wildman–Crippen LogP) is 4.51. The zero-order chi connectivity index (χ0) is 22.1. The van der Waals surface area contributed by atoms with Crippen LogP contribution < -0.4 is 9.64 Å². The van der Waals surface area contributed by atoms with Gasteiger partial charge in [-0.1, -0.05) is 49.4 Å². The number of para-hydroxylation sites is 2. The normalized spacial score (nSPS) is 16.5. The van der Waals surface area contributed by atoms with Crippen molar-refractivity contribution in [2.75, 3.05) is 51.3 Å². The van der Waals surface area contributed by atoms with Gasteiger partial charge in [-0.2, -0.15) is 0 Å². The molecular formula is C26H36N2O3. The van der Waals surface area contributed by atoms with Crippen molar-refractivity contribution in [3.8, 4) is 5.75 Å². The molecule has 2 aromatic rings. The lowest BCUT2D eigenvalue weighted by molar-refractivity contribution is -0.142. The summed E-state index contributed by atoms with van der Waals surface area (Å²) in [6.45, 7) is 10.0.